The van der Waals surface area contributed by atoms with Gasteiger partial charge in [0, 0.05) is 35.1 Å². The predicted octanol–water partition coefficient (Wildman–Crippen LogP) is 3.14. The molecule has 1 aromatic carbocycles. The van der Waals surface area contributed by atoms with Crippen molar-refractivity contribution in [2.45, 2.75) is 68.3 Å². The second-order valence-electron chi connectivity index (χ2n) is 10.6. The number of unbranched alkanes of at least 4 members (excludes halogenated alkanes) is 1. The first-order valence-corrected chi connectivity index (χ1v) is 17.0. The predicted molar refractivity (Wildman–Crippen MR) is 167 cm³/mol. The van der Waals surface area contributed by atoms with Crippen LogP contribution in [-0.2, 0) is 30.8 Å². The van der Waals surface area contributed by atoms with Crippen molar-refractivity contribution in [2.24, 2.45) is 16.8 Å². The van der Waals surface area contributed by atoms with Gasteiger partial charge in [0.25, 0.3) is 5.91 Å². The molecule has 3 amide bonds. The summed E-state index contributed by atoms with van der Waals surface area (Å²) >= 11 is 18.8. The molecule has 1 saturated heterocycles. The van der Waals surface area contributed by atoms with E-state index in [-0.39, 0.29) is 47.5 Å². The number of hydrogen-bond donors (Lipinski definition) is 4. The lowest BCUT2D eigenvalue weighted by atomic mass is 9.98. The van der Waals surface area contributed by atoms with Crippen LogP contribution in [0.15, 0.2) is 28.5 Å². The lowest BCUT2D eigenvalue weighted by Gasteiger charge is -2.24. The summed E-state index contributed by atoms with van der Waals surface area (Å²) in [5.41, 5.74) is 6.24. The quantitative estimate of drug-likeness (QED) is 0.232. The summed E-state index contributed by atoms with van der Waals surface area (Å²) in [4.78, 5) is 52.9. The first kappa shape index (κ1) is 35.2. The average molecular weight is 695 g/mol. The lowest BCUT2D eigenvalue weighted by Crippen LogP contribution is -2.46. The van der Waals surface area contributed by atoms with Crippen LogP contribution in [0.1, 0.15) is 55.5 Å². The van der Waals surface area contributed by atoms with Crippen LogP contribution in [0, 0.1) is 5.92 Å². The summed E-state index contributed by atoms with van der Waals surface area (Å²) in [6, 6.07) is 3.74. The smallest absolute Gasteiger partial charge is 0.256 e. The largest absolute Gasteiger partial charge is 0.354 e. The van der Waals surface area contributed by atoms with Gasteiger partial charge in [-0.2, -0.15) is 0 Å². The summed E-state index contributed by atoms with van der Waals surface area (Å²) in [6.45, 7) is 3.77. The summed E-state index contributed by atoms with van der Waals surface area (Å²) in [5.74, 6) is -1.82. The second-order valence-corrected chi connectivity index (χ2v) is 14.9. The van der Waals surface area contributed by atoms with Crippen molar-refractivity contribution >= 4 is 79.7 Å². The summed E-state index contributed by atoms with van der Waals surface area (Å²) in [5, 5.41) is 11.7. The summed E-state index contributed by atoms with van der Waals surface area (Å²) in [7, 11) is -4.28. The van der Waals surface area contributed by atoms with Crippen molar-refractivity contribution in [3.8, 4) is 0 Å². The molecule has 1 aromatic heterocycles. The fraction of sp³-hybridized carbons (Fsp3) is 0.481. The Bertz CT molecular complexity index is 1480. The standard InChI is InChI=1S/C27H34Cl3N5O6S2/c1-14(2)24(37)20(31)5-3-4-8-33-25(38)21-11-17(34-23(36)9-15-6-7-16(28)10-19(15)29)13-35(21)26(39)18-12-22(30)42-27(18)43(32,40)41/h6-7,10,12,14,17,20-21H,3-5,8-9,11,13,31H2,1-2H3,(H,33,38)(H,34,36)(H2,32,40,41)/t17-,20+,21-/m1/s1. The molecule has 0 unspecified atom stereocenters. The maximum atomic E-state index is 13.6. The van der Waals surface area contributed by atoms with E-state index < -0.39 is 50.1 Å². The zero-order chi connectivity index (χ0) is 32.1. The molecule has 0 saturated carbocycles. The first-order valence-electron chi connectivity index (χ1n) is 13.5. The lowest BCUT2D eigenvalue weighted by molar-refractivity contribution is -0.125. The Kier molecular flexibility index (Phi) is 12.4. The number of Topliss-reactive ketones (excluding diaryl/α,β-unsaturated/α-hetero) is 1. The van der Waals surface area contributed by atoms with Gasteiger partial charge in [0.2, 0.25) is 21.8 Å². The van der Waals surface area contributed by atoms with Crippen molar-refractivity contribution < 1.29 is 27.6 Å². The number of amides is 3. The topological polar surface area (TPSA) is 182 Å². The minimum Gasteiger partial charge on any atom is -0.354 e. The third-order valence-electron chi connectivity index (χ3n) is 6.93. The van der Waals surface area contributed by atoms with Gasteiger partial charge in [0.1, 0.15) is 10.3 Å². The third-order valence-corrected chi connectivity index (χ3v) is 10.3. The number of hydrogen-bond acceptors (Lipinski definition) is 8. The number of ketones is 1. The van der Waals surface area contributed by atoms with E-state index in [1.54, 1.807) is 26.0 Å². The zero-order valence-electron chi connectivity index (χ0n) is 23.6. The van der Waals surface area contributed by atoms with Gasteiger partial charge in [-0.1, -0.05) is 54.7 Å². The number of benzene rings is 1. The number of nitrogens with one attached hydrogen (secondary N) is 2. The molecular formula is C27H34Cl3N5O6S2. The van der Waals surface area contributed by atoms with E-state index in [2.05, 4.69) is 10.6 Å². The monoisotopic (exact) mass is 693 g/mol. The van der Waals surface area contributed by atoms with Crippen LogP contribution in [0.5, 0.6) is 0 Å². The van der Waals surface area contributed by atoms with Crippen molar-refractivity contribution in [3.63, 3.8) is 0 Å². The SMILES string of the molecule is CC(C)C(=O)[C@@H](N)CCCCNC(=O)[C@H]1C[C@@H](NC(=O)Cc2ccc(Cl)cc2Cl)CN1C(=O)c1cc(Cl)sc1S(N)(=O)=O. The van der Waals surface area contributed by atoms with Crippen molar-refractivity contribution in [3.05, 3.63) is 49.8 Å². The summed E-state index contributed by atoms with van der Waals surface area (Å²) in [6.07, 6.45) is 1.64. The van der Waals surface area contributed by atoms with Gasteiger partial charge in [-0.05, 0) is 49.4 Å². The number of sulfonamides is 1. The van der Waals surface area contributed by atoms with Crippen LogP contribution in [-0.4, -0.2) is 68.0 Å². The molecule has 0 bridgehead atoms. The number of halogens is 3. The maximum Gasteiger partial charge on any atom is 0.256 e. The van der Waals surface area contributed by atoms with Crippen LogP contribution >= 0.6 is 46.1 Å². The van der Waals surface area contributed by atoms with Crippen molar-refractivity contribution in [1.82, 2.24) is 15.5 Å². The highest BCUT2D eigenvalue weighted by Crippen LogP contribution is 2.33. The van der Waals surface area contributed by atoms with Crippen LogP contribution in [0.3, 0.4) is 0 Å². The van der Waals surface area contributed by atoms with E-state index in [4.69, 9.17) is 45.7 Å². The fourth-order valence-corrected chi connectivity index (χ4v) is 7.53. The Balaban J connectivity index is 1.72. The Morgan fingerprint density at radius 3 is 2.44 bits per heavy atom. The van der Waals surface area contributed by atoms with Crippen molar-refractivity contribution in [2.75, 3.05) is 13.1 Å². The Morgan fingerprint density at radius 2 is 1.81 bits per heavy atom. The number of carbonyl (C=O) groups is 4. The molecule has 236 valence electrons. The van der Waals surface area contributed by atoms with Crippen LogP contribution in [0.2, 0.25) is 14.4 Å². The Morgan fingerprint density at radius 1 is 1.12 bits per heavy atom. The molecule has 1 fully saturated rings. The van der Waals surface area contributed by atoms with E-state index in [1.807, 2.05) is 0 Å². The molecular weight excluding hydrogens is 661 g/mol. The van der Waals surface area contributed by atoms with Crippen molar-refractivity contribution in [1.29, 1.82) is 0 Å². The van der Waals surface area contributed by atoms with E-state index in [1.165, 1.54) is 17.0 Å². The van der Waals surface area contributed by atoms with Gasteiger partial charge in [-0.3, -0.25) is 19.2 Å². The molecule has 2 heterocycles. The highest BCUT2D eigenvalue weighted by atomic mass is 35.5. The molecule has 1 aliphatic rings. The zero-order valence-corrected chi connectivity index (χ0v) is 27.5. The van der Waals surface area contributed by atoms with Gasteiger partial charge in [0.15, 0.2) is 5.78 Å². The van der Waals surface area contributed by atoms with Gasteiger partial charge in [0.05, 0.1) is 22.4 Å². The Labute approximate surface area is 269 Å². The molecule has 11 nitrogen and oxygen atoms in total. The second kappa shape index (κ2) is 15.2. The van der Waals surface area contributed by atoms with E-state index in [0.29, 0.717) is 46.2 Å². The number of likely N-dealkylation sites (tertiary alicyclic amines) is 1. The van der Waals surface area contributed by atoms with E-state index in [0.717, 1.165) is 0 Å². The molecule has 3 rings (SSSR count). The summed E-state index contributed by atoms with van der Waals surface area (Å²) < 4.78 is 23.9. The maximum absolute atomic E-state index is 13.6. The minimum absolute atomic E-state index is 0.0250. The molecule has 0 aliphatic carbocycles. The molecule has 2 aromatic rings. The number of nitrogens with two attached hydrogens (primary N) is 2. The normalized spacial score (nSPS) is 17.6. The Hall–Kier alpha value is -2.26. The molecule has 0 radical (unpaired) electrons. The highest BCUT2D eigenvalue weighted by Gasteiger charge is 2.42. The van der Waals surface area contributed by atoms with Crippen LogP contribution < -0.4 is 21.5 Å². The first-order chi connectivity index (χ1) is 20.1. The molecule has 6 N–H and O–H groups in total. The number of nitrogens with zero attached hydrogens (tertiary/aromatic N) is 1. The van der Waals surface area contributed by atoms with Gasteiger partial charge >= 0.3 is 0 Å². The molecule has 43 heavy (non-hydrogen) atoms. The number of rotatable bonds is 13. The van der Waals surface area contributed by atoms with E-state index >= 15 is 0 Å². The third kappa shape index (κ3) is 9.61. The van der Waals surface area contributed by atoms with E-state index in [9.17, 15) is 27.6 Å². The molecule has 3 atom stereocenters. The van der Waals surface area contributed by atoms with Gasteiger partial charge in [-0.15, -0.1) is 11.3 Å². The van der Waals surface area contributed by atoms with Crippen LogP contribution in [0.4, 0.5) is 0 Å². The molecule has 0 spiro atoms. The molecule has 1 aliphatic heterocycles. The number of carbonyl (C=O) groups excluding carboxylic acids is 4. The molecule has 16 heteroatoms. The fourth-order valence-electron chi connectivity index (χ4n) is 4.78. The van der Waals surface area contributed by atoms with Crippen LogP contribution in [0.25, 0.3) is 0 Å². The number of primary sulfonamides is 1. The minimum atomic E-state index is -4.28. The van der Waals surface area contributed by atoms with Gasteiger partial charge in [-0.25, -0.2) is 13.6 Å². The highest BCUT2D eigenvalue weighted by molar-refractivity contribution is 7.91. The average Bonchev–Trinajstić information content (AvgIpc) is 3.52. The van der Waals surface area contributed by atoms with Gasteiger partial charge < -0.3 is 21.3 Å². The number of thiophene rings is 1.